The van der Waals surface area contributed by atoms with Crippen LogP contribution in [0.1, 0.15) is 85.0 Å². The second-order valence-electron chi connectivity index (χ2n) is 11.0. The lowest BCUT2D eigenvalue weighted by Crippen LogP contribution is -2.63. The maximum atomic E-state index is 13.7. The van der Waals surface area contributed by atoms with Crippen LogP contribution in [-0.4, -0.2) is 28.1 Å². The highest BCUT2D eigenvalue weighted by atomic mass is 16.4. The van der Waals surface area contributed by atoms with Gasteiger partial charge in [-0.05, 0) is 80.0 Å². The van der Waals surface area contributed by atoms with Crippen LogP contribution >= 0.6 is 0 Å². The van der Waals surface area contributed by atoms with Crippen LogP contribution in [0.3, 0.4) is 0 Å². The molecule has 0 aliphatic heterocycles. The number of aliphatic carboxylic acids is 1. The van der Waals surface area contributed by atoms with Gasteiger partial charge in [-0.3, -0.25) is 9.59 Å². The summed E-state index contributed by atoms with van der Waals surface area (Å²) in [6.07, 6.45) is 9.32. The number of carbonyl (C=O) groups is 2. The third-order valence-corrected chi connectivity index (χ3v) is 10.0. The van der Waals surface area contributed by atoms with Gasteiger partial charge in [-0.2, -0.15) is 0 Å². The van der Waals surface area contributed by atoms with Crippen LogP contribution < -0.4 is 0 Å². The van der Waals surface area contributed by atoms with Gasteiger partial charge in [0, 0.05) is 17.8 Å². The van der Waals surface area contributed by atoms with Crippen molar-refractivity contribution >= 4 is 11.8 Å². The predicted molar refractivity (Wildman–Crippen MR) is 108 cm³/mol. The average Bonchev–Trinajstić information content (AvgIpc) is 3.01. The molecule has 9 unspecified atom stereocenters. The first-order valence-corrected chi connectivity index (χ1v) is 11.6. The summed E-state index contributed by atoms with van der Waals surface area (Å²) >= 11 is 0. The number of aliphatic hydroxyl groups is 1. The van der Waals surface area contributed by atoms with Crippen LogP contribution in [0, 0.1) is 46.3 Å². The Kier molecular flexibility index (Phi) is 5.17. The van der Waals surface area contributed by atoms with Crippen LogP contribution in [0.4, 0.5) is 0 Å². The number of carboxylic acid groups (broad SMARTS) is 1. The number of hydrogen-bond donors (Lipinski definition) is 2. The molecule has 4 nitrogen and oxygen atoms in total. The topological polar surface area (TPSA) is 74.6 Å². The molecule has 28 heavy (non-hydrogen) atoms. The summed E-state index contributed by atoms with van der Waals surface area (Å²) in [6, 6.07) is 0. The summed E-state index contributed by atoms with van der Waals surface area (Å²) in [5, 5.41) is 20.5. The van der Waals surface area contributed by atoms with E-state index in [9.17, 15) is 14.7 Å². The molecule has 0 radical (unpaired) electrons. The quantitative estimate of drug-likeness (QED) is 0.730. The molecule has 0 aromatic rings. The van der Waals surface area contributed by atoms with Gasteiger partial charge in [0.2, 0.25) is 0 Å². The van der Waals surface area contributed by atoms with Gasteiger partial charge in [0.25, 0.3) is 0 Å². The van der Waals surface area contributed by atoms with Gasteiger partial charge >= 0.3 is 5.97 Å². The minimum atomic E-state index is -0.879. The van der Waals surface area contributed by atoms with E-state index >= 15 is 0 Å². The first kappa shape index (κ1) is 20.4. The molecule has 4 rings (SSSR count). The molecule has 4 saturated carbocycles. The van der Waals surface area contributed by atoms with Gasteiger partial charge < -0.3 is 10.2 Å². The molecule has 0 bridgehead atoms. The summed E-state index contributed by atoms with van der Waals surface area (Å²) in [4.78, 5) is 24.7. The molecular formula is C24H38O4. The molecule has 4 aliphatic carbocycles. The molecule has 9 atom stereocenters. The molecule has 4 fully saturated rings. The largest absolute Gasteiger partial charge is 0.481 e. The standard InChI is InChI=1S/C24H38O4/c1-14(7-12-19(25)26)17-10-11-18-16-9-8-15-6-4-5-13-23(15,2)20(16)21(27)22(28)24(17,18)3/h14-18,20,22,28H,4-13H2,1-3H3,(H,25,26). The fourth-order valence-electron chi connectivity index (χ4n) is 8.60. The first-order valence-electron chi connectivity index (χ1n) is 11.6. The number of rotatable bonds is 4. The Morgan fingerprint density at radius 3 is 2.61 bits per heavy atom. The van der Waals surface area contributed by atoms with E-state index in [-0.39, 0.29) is 40.8 Å². The summed E-state index contributed by atoms with van der Waals surface area (Å²) in [5.74, 6) is 1.34. The zero-order chi connectivity index (χ0) is 20.3. The normalized spacial score (nSPS) is 49.1. The highest BCUT2D eigenvalue weighted by Gasteiger charge is 2.66. The highest BCUT2D eigenvalue weighted by Crippen LogP contribution is 2.67. The van der Waals surface area contributed by atoms with Crippen molar-refractivity contribution in [1.29, 1.82) is 0 Å². The monoisotopic (exact) mass is 390 g/mol. The van der Waals surface area contributed by atoms with Crippen LogP contribution in [0.5, 0.6) is 0 Å². The van der Waals surface area contributed by atoms with Gasteiger partial charge in [-0.15, -0.1) is 0 Å². The van der Waals surface area contributed by atoms with E-state index in [4.69, 9.17) is 5.11 Å². The van der Waals surface area contributed by atoms with Crippen LogP contribution in [0.15, 0.2) is 0 Å². The second-order valence-corrected chi connectivity index (χ2v) is 11.0. The molecule has 4 aliphatic rings. The SMILES string of the molecule is CC(CCC(=O)O)C1CCC2C3CCC4CCCCC4(C)C3C(=O)C(O)C12C. The van der Waals surface area contributed by atoms with E-state index in [0.29, 0.717) is 24.2 Å². The summed E-state index contributed by atoms with van der Waals surface area (Å²) in [7, 11) is 0. The Morgan fingerprint density at radius 1 is 1.14 bits per heavy atom. The number of carbonyl (C=O) groups excluding carboxylic acids is 1. The van der Waals surface area contributed by atoms with Crippen molar-refractivity contribution in [2.75, 3.05) is 0 Å². The molecule has 0 saturated heterocycles. The van der Waals surface area contributed by atoms with Crippen LogP contribution in [0.25, 0.3) is 0 Å². The Bertz CT molecular complexity index is 645. The van der Waals surface area contributed by atoms with Gasteiger partial charge in [-0.1, -0.05) is 33.6 Å². The fraction of sp³-hybridized carbons (Fsp3) is 0.917. The zero-order valence-corrected chi connectivity index (χ0v) is 17.8. The van der Waals surface area contributed by atoms with E-state index < -0.39 is 12.1 Å². The van der Waals surface area contributed by atoms with Gasteiger partial charge in [-0.25, -0.2) is 0 Å². The number of aliphatic hydroxyl groups excluding tert-OH is 1. The first-order chi connectivity index (χ1) is 13.2. The molecule has 0 aromatic heterocycles. The number of ketones is 1. The van der Waals surface area contributed by atoms with E-state index in [1.807, 2.05) is 0 Å². The Balaban J connectivity index is 1.63. The summed E-state index contributed by atoms with van der Waals surface area (Å²) in [5.41, 5.74) is -0.304. The molecule has 0 aromatic carbocycles. The smallest absolute Gasteiger partial charge is 0.303 e. The van der Waals surface area contributed by atoms with Crippen molar-refractivity contribution in [1.82, 2.24) is 0 Å². The minimum Gasteiger partial charge on any atom is -0.481 e. The third kappa shape index (κ3) is 2.80. The maximum absolute atomic E-state index is 13.7. The zero-order valence-electron chi connectivity index (χ0n) is 17.8. The van der Waals surface area contributed by atoms with Crippen molar-refractivity contribution in [3.8, 4) is 0 Å². The van der Waals surface area contributed by atoms with Gasteiger partial charge in [0.1, 0.15) is 6.10 Å². The third-order valence-electron chi connectivity index (χ3n) is 10.0. The average molecular weight is 391 g/mol. The summed E-state index contributed by atoms with van der Waals surface area (Å²) in [6.45, 7) is 6.63. The van der Waals surface area contributed by atoms with E-state index in [2.05, 4.69) is 20.8 Å². The number of carboxylic acids is 1. The maximum Gasteiger partial charge on any atom is 0.303 e. The number of hydrogen-bond acceptors (Lipinski definition) is 3. The van der Waals surface area contributed by atoms with E-state index in [0.717, 1.165) is 25.7 Å². The molecule has 4 heteroatoms. The number of Topliss-reactive ketones (excluding diaryl/α,β-unsaturated/α-hetero) is 1. The lowest BCUT2D eigenvalue weighted by Gasteiger charge is -2.61. The van der Waals surface area contributed by atoms with Crippen molar-refractivity contribution < 1.29 is 19.8 Å². The van der Waals surface area contributed by atoms with Crippen molar-refractivity contribution in [3.05, 3.63) is 0 Å². The van der Waals surface area contributed by atoms with Crippen molar-refractivity contribution in [2.45, 2.75) is 91.1 Å². The van der Waals surface area contributed by atoms with Crippen LogP contribution in [-0.2, 0) is 9.59 Å². The van der Waals surface area contributed by atoms with Gasteiger partial charge in [0.05, 0.1) is 0 Å². The fourth-order valence-corrected chi connectivity index (χ4v) is 8.60. The highest BCUT2D eigenvalue weighted by molar-refractivity contribution is 5.88. The van der Waals surface area contributed by atoms with Crippen molar-refractivity contribution in [2.24, 2.45) is 46.3 Å². The molecule has 158 valence electrons. The van der Waals surface area contributed by atoms with E-state index in [1.54, 1.807) is 0 Å². The Labute approximate surface area is 169 Å². The lowest BCUT2D eigenvalue weighted by molar-refractivity contribution is -0.183. The minimum absolute atomic E-state index is 0.0349. The molecule has 0 amide bonds. The lowest BCUT2D eigenvalue weighted by atomic mass is 9.43. The molecular weight excluding hydrogens is 352 g/mol. The van der Waals surface area contributed by atoms with Crippen LogP contribution in [0.2, 0.25) is 0 Å². The predicted octanol–water partition coefficient (Wildman–Crippen LogP) is 4.69. The van der Waals surface area contributed by atoms with E-state index in [1.165, 1.54) is 25.7 Å². The molecule has 0 heterocycles. The number of fused-ring (bicyclic) bond motifs is 5. The Hall–Kier alpha value is -0.900. The molecule has 2 N–H and O–H groups in total. The van der Waals surface area contributed by atoms with Gasteiger partial charge in [0.15, 0.2) is 5.78 Å². The molecule has 0 spiro atoms. The summed E-state index contributed by atoms with van der Waals surface area (Å²) < 4.78 is 0. The van der Waals surface area contributed by atoms with Crippen molar-refractivity contribution in [3.63, 3.8) is 0 Å². The Morgan fingerprint density at radius 2 is 1.89 bits per heavy atom. The second kappa shape index (κ2) is 7.11.